The van der Waals surface area contributed by atoms with Crippen molar-refractivity contribution >= 4 is 47.1 Å². The van der Waals surface area contributed by atoms with E-state index in [1.807, 2.05) is 40.7 Å². The molecule has 0 saturated carbocycles. The molecule has 14 heteroatoms. The van der Waals surface area contributed by atoms with Gasteiger partial charge in [-0.25, -0.2) is 14.4 Å². The zero-order valence-electron chi connectivity index (χ0n) is 28.0. The number of carbonyl (C=O) groups is 6. The third-order valence-electron chi connectivity index (χ3n) is 6.74. The highest BCUT2D eigenvalue weighted by atomic mass is 16.5. The molecule has 3 atom stereocenters. The predicted octanol–water partition coefficient (Wildman–Crippen LogP) is 3.39. The van der Waals surface area contributed by atoms with Crippen molar-refractivity contribution in [3.8, 4) is 0 Å². The minimum absolute atomic E-state index is 0.0125. The zero-order chi connectivity index (χ0) is 35.9. The number of aliphatic carboxylic acids is 2. The second kappa shape index (κ2) is 19.0. The van der Waals surface area contributed by atoms with Crippen LogP contribution in [0.2, 0.25) is 0 Å². The van der Waals surface area contributed by atoms with E-state index in [9.17, 15) is 39.0 Å². The summed E-state index contributed by atoms with van der Waals surface area (Å²) in [7, 11) is 0. The lowest BCUT2D eigenvalue weighted by Gasteiger charge is -2.23. The summed E-state index contributed by atoms with van der Waals surface area (Å²) in [6, 6.07) is 11.4. The zero-order valence-corrected chi connectivity index (χ0v) is 28.0. The van der Waals surface area contributed by atoms with Crippen LogP contribution >= 0.6 is 0 Å². The van der Waals surface area contributed by atoms with Gasteiger partial charge in [-0.3, -0.25) is 14.4 Å². The van der Waals surface area contributed by atoms with Gasteiger partial charge in [-0.15, -0.1) is 0 Å². The van der Waals surface area contributed by atoms with Gasteiger partial charge in [0.1, 0.15) is 12.1 Å². The van der Waals surface area contributed by atoms with Crippen LogP contribution in [0.3, 0.4) is 0 Å². The van der Waals surface area contributed by atoms with E-state index in [2.05, 4.69) is 26.6 Å². The highest BCUT2D eigenvalue weighted by Crippen LogP contribution is 2.18. The van der Waals surface area contributed by atoms with E-state index in [-0.39, 0.29) is 43.6 Å². The number of amides is 5. The van der Waals surface area contributed by atoms with Gasteiger partial charge >= 0.3 is 18.0 Å². The average Bonchev–Trinajstić information content (AvgIpc) is 2.97. The van der Waals surface area contributed by atoms with E-state index in [4.69, 9.17) is 4.74 Å². The predicted molar refractivity (Wildman–Crippen MR) is 179 cm³/mol. The monoisotopic (exact) mass is 669 g/mol. The van der Waals surface area contributed by atoms with Crippen LogP contribution < -0.4 is 26.6 Å². The number of benzene rings is 2. The van der Waals surface area contributed by atoms with Crippen LogP contribution in [0.25, 0.3) is 0 Å². The fourth-order valence-corrected chi connectivity index (χ4v) is 4.49. The molecule has 0 aliphatic rings. The first-order chi connectivity index (χ1) is 22.5. The number of rotatable bonds is 18. The van der Waals surface area contributed by atoms with Gasteiger partial charge in [0, 0.05) is 30.8 Å². The maximum absolute atomic E-state index is 13.1. The van der Waals surface area contributed by atoms with Crippen molar-refractivity contribution in [2.24, 2.45) is 11.3 Å². The van der Waals surface area contributed by atoms with E-state index in [0.29, 0.717) is 16.9 Å². The molecule has 262 valence electrons. The minimum atomic E-state index is -1.37. The Kier molecular flexibility index (Phi) is 15.5. The van der Waals surface area contributed by atoms with Gasteiger partial charge in [0.2, 0.25) is 17.7 Å². The van der Waals surface area contributed by atoms with Crippen LogP contribution in [0.1, 0.15) is 59.4 Å². The van der Waals surface area contributed by atoms with Crippen molar-refractivity contribution in [3.63, 3.8) is 0 Å². The smallest absolute Gasteiger partial charge is 0.328 e. The molecule has 2 rings (SSSR count). The molecule has 7 N–H and O–H groups in total. The quantitative estimate of drug-likeness (QED) is 0.116. The Bertz CT molecular complexity index is 1390. The summed E-state index contributed by atoms with van der Waals surface area (Å²) < 4.78 is 5.36. The Hall–Kier alpha value is -4.98. The van der Waals surface area contributed by atoms with Crippen LogP contribution in [-0.4, -0.2) is 77.2 Å². The molecule has 2 aromatic rings. The van der Waals surface area contributed by atoms with E-state index in [1.54, 1.807) is 48.5 Å². The largest absolute Gasteiger partial charge is 0.480 e. The van der Waals surface area contributed by atoms with E-state index < -0.39 is 60.4 Å². The molecule has 0 aromatic heterocycles. The summed E-state index contributed by atoms with van der Waals surface area (Å²) in [6.45, 7) is 8.62. The summed E-state index contributed by atoms with van der Waals surface area (Å²) in [5.41, 5.74) is 1.42. The maximum Gasteiger partial charge on any atom is 0.328 e. The molecule has 0 aliphatic carbocycles. The van der Waals surface area contributed by atoms with Gasteiger partial charge in [0.05, 0.1) is 13.0 Å². The number of nitrogens with one attached hydrogen (secondary N) is 5. The van der Waals surface area contributed by atoms with Gasteiger partial charge in [0.15, 0.2) is 6.04 Å². The van der Waals surface area contributed by atoms with Crippen molar-refractivity contribution in [1.82, 2.24) is 16.0 Å². The second-order valence-corrected chi connectivity index (χ2v) is 13.0. The Balaban J connectivity index is 1.90. The van der Waals surface area contributed by atoms with Crippen LogP contribution in [0.5, 0.6) is 0 Å². The van der Waals surface area contributed by atoms with Crippen molar-refractivity contribution < 1.29 is 43.7 Å². The highest BCUT2D eigenvalue weighted by molar-refractivity contribution is 5.99. The van der Waals surface area contributed by atoms with Crippen molar-refractivity contribution in [1.29, 1.82) is 0 Å². The fourth-order valence-electron chi connectivity index (χ4n) is 4.49. The Labute approximate surface area is 280 Å². The number of ether oxygens (including phenoxy) is 1. The lowest BCUT2D eigenvalue weighted by Crippen LogP contribution is -2.52. The number of para-hydroxylation sites is 1. The average molecular weight is 670 g/mol. The first-order valence-electron chi connectivity index (χ1n) is 15.7. The van der Waals surface area contributed by atoms with Gasteiger partial charge in [0.25, 0.3) is 0 Å². The number of hydrogen-bond acceptors (Lipinski definition) is 7. The Morgan fingerprint density at radius 1 is 0.729 bits per heavy atom. The summed E-state index contributed by atoms with van der Waals surface area (Å²) >= 11 is 0. The number of urea groups is 1. The van der Waals surface area contributed by atoms with Crippen molar-refractivity contribution in [3.05, 3.63) is 60.2 Å². The van der Waals surface area contributed by atoms with Crippen LogP contribution in [0.4, 0.5) is 16.2 Å². The number of hydrogen-bond donors (Lipinski definition) is 7. The second-order valence-electron chi connectivity index (χ2n) is 13.0. The molecule has 0 radical (unpaired) electrons. The standard InChI is InChI=1S/C34H47N5O9/c1-21(2)17-26(37-28(40)18-22-11-13-24(14-12-22)36-33(47)35-23-9-7-6-8-10-23)30(42)39-25(31(43)44)15-16-48-20-27(32(45)46)38-29(41)19-34(3,4)5/h6-14,21,25-27H,15-20H2,1-5H3,(H,37,40)(H,38,41)(H,39,42)(H,43,44)(H,45,46)(H2,35,36,47). The summed E-state index contributed by atoms with van der Waals surface area (Å²) in [5.74, 6) is -4.24. The molecular formula is C34H47N5O9. The first kappa shape index (κ1) is 39.2. The number of anilines is 2. The Morgan fingerprint density at radius 3 is 1.83 bits per heavy atom. The molecule has 5 amide bonds. The topological polar surface area (TPSA) is 212 Å². The molecule has 0 saturated heterocycles. The summed E-state index contributed by atoms with van der Waals surface area (Å²) in [4.78, 5) is 73.9. The van der Waals surface area contributed by atoms with E-state index in [1.165, 1.54) is 0 Å². The third kappa shape index (κ3) is 15.5. The molecule has 0 bridgehead atoms. The molecule has 0 spiro atoms. The number of carboxylic acids is 2. The summed E-state index contributed by atoms with van der Waals surface area (Å²) in [6.07, 6.45) is 0.104. The SMILES string of the molecule is CC(C)CC(NC(=O)Cc1ccc(NC(=O)Nc2ccccc2)cc1)C(=O)NC(CCOCC(NC(=O)CC(C)(C)C)C(=O)O)C(=O)O. The maximum atomic E-state index is 13.1. The van der Waals surface area contributed by atoms with Gasteiger partial charge < -0.3 is 41.5 Å². The van der Waals surface area contributed by atoms with Crippen LogP contribution in [0.15, 0.2) is 54.6 Å². The molecule has 0 heterocycles. The van der Waals surface area contributed by atoms with E-state index >= 15 is 0 Å². The minimum Gasteiger partial charge on any atom is -0.480 e. The number of carboxylic acid groups (broad SMARTS) is 2. The molecular weight excluding hydrogens is 622 g/mol. The molecule has 48 heavy (non-hydrogen) atoms. The lowest BCUT2D eigenvalue weighted by molar-refractivity contribution is -0.145. The van der Waals surface area contributed by atoms with Gasteiger partial charge in [-0.05, 0) is 47.6 Å². The molecule has 3 unspecified atom stereocenters. The highest BCUT2D eigenvalue weighted by Gasteiger charge is 2.28. The van der Waals surface area contributed by atoms with Gasteiger partial charge in [-0.1, -0.05) is 65.0 Å². The number of carbonyl (C=O) groups excluding carboxylic acids is 4. The van der Waals surface area contributed by atoms with E-state index in [0.717, 1.165) is 0 Å². The normalized spacial score (nSPS) is 13.0. The van der Waals surface area contributed by atoms with Crippen LogP contribution in [-0.2, 0) is 35.1 Å². The third-order valence-corrected chi connectivity index (χ3v) is 6.74. The lowest BCUT2D eigenvalue weighted by atomic mass is 9.92. The summed E-state index contributed by atoms with van der Waals surface area (Å²) in [5, 5.41) is 32.1. The molecule has 0 fully saturated rings. The fraction of sp³-hybridized carbons (Fsp3) is 0.471. The molecule has 14 nitrogen and oxygen atoms in total. The molecule has 0 aliphatic heterocycles. The first-order valence-corrected chi connectivity index (χ1v) is 15.7. The van der Waals surface area contributed by atoms with Crippen molar-refractivity contribution in [2.45, 2.75) is 78.4 Å². The van der Waals surface area contributed by atoms with Crippen LogP contribution in [0, 0.1) is 11.3 Å². The van der Waals surface area contributed by atoms with Gasteiger partial charge in [-0.2, -0.15) is 0 Å². The molecule has 2 aromatic carbocycles. The Morgan fingerprint density at radius 2 is 1.29 bits per heavy atom. The van der Waals surface area contributed by atoms with Crippen molar-refractivity contribution in [2.75, 3.05) is 23.8 Å².